The zero-order valence-corrected chi connectivity index (χ0v) is 14.0. The molecule has 0 bridgehead atoms. The Morgan fingerprint density at radius 2 is 1.92 bits per heavy atom. The summed E-state index contributed by atoms with van der Waals surface area (Å²) in [4.78, 5) is 0. The van der Waals surface area contributed by atoms with Gasteiger partial charge in [-0.1, -0.05) is 23.7 Å². The van der Waals surface area contributed by atoms with E-state index >= 15 is 0 Å². The van der Waals surface area contributed by atoms with Crippen molar-refractivity contribution in [3.05, 3.63) is 70.5 Å². The summed E-state index contributed by atoms with van der Waals surface area (Å²) < 4.78 is 6.99. The number of aromatic nitrogens is 2. The predicted octanol–water partition coefficient (Wildman–Crippen LogP) is 3.29. The van der Waals surface area contributed by atoms with Crippen molar-refractivity contribution in [2.75, 3.05) is 7.11 Å². The molecule has 0 aliphatic carbocycles. The van der Waals surface area contributed by atoms with Crippen LogP contribution in [0.2, 0.25) is 5.02 Å². The zero-order valence-electron chi connectivity index (χ0n) is 13.2. The van der Waals surface area contributed by atoms with Crippen LogP contribution in [0.3, 0.4) is 0 Å². The summed E-state index contributed by atoms with van der Waals surface area (Å²) in [6.07, 6.45) is 0.648. The third-order valence-corrected chi connectivity index (χ3v) is 4.05. The molecule has 3 rings (SSSR count). The standard InChI is InChI=1S/C18H18ClN3O2/c1-24-16-6-7-18(17(19)10-16)22-14(9-13(11-20)21-22)8-12-2-4-15(23)5-3-12/h2-7,9-10,23H,8,11,20H2,1H3. The number of phenolic OH excluding ortho intramolecular Hbond substituents is 1. The van der Waals surface area contributed by atoms with E-state index in [0.717, 1.165) is 22.6 Å². The monoisotopic (exact) mass is 343 g/mol. The third kappa shape index (κ3) is 3.37. The number of aromatic hydroxyl groups is 1. The summed E-state index contributed by atoms with van der Waals surface area (Å²) in [6.45, 7) is 0.351. The van der Waals surface area contributed by atoms with E-state index in [1.165, 1.54) is 0 Å². The first-order valence-corrected chi connectivity index (χ1v) is 7.88. The molecule has 0 unspecified atom stereocenters. The van der Waals surface area contributed by atoms with E-state index in [4.69, 9.17) is 22.1 Å². The molecule has 0 aliphatic rings. The van der Waals surface area contributed by atoms with Crippen LogP contribution in [0.5, 0.6) is 11.5 Å². The van der Waals surface area contributed by atoms with Gasteiger partial charge < -0.3 is 15.6 Å². The lowest BCUT2D eigenvalue weighted by Gasteiger charge is -2.11. The van der Waals surface area contributed by atoms with Gasteiger partial charge in [-0.2, -0.15) is 5.10 Å². The first kappa shape index (κ1) is 16.4. The number of nitrogens with zero attached hydrogens (tertiary/aromatic N) is 2. The fourth-order valence-corrected chi connectivity index (χ4v) is 2.77. The quantitative estimate of drug-likeness (QED) is 0.745. The molecule has 0 saturated heterocycles. The smallest absolute Gasteiger partial charge is 0.120 e. The van der Waals surface area contributed by atoms with Gasteiger partial charge in [0.1, 0.15) is 11.5 Å². The van der Waals surface area contributed by atoms with Crippen molar-refractivity contribution >= 4 is 11.6 Å². The molecule has 5 nitrogen and oxygen atoms in total. The molecule has 0 aliphatic heterocycles. The highest BCUT2D eigenvalue weighted by molar-refractivity contribution is 6.32. The number of ether oxygens (including phenoxy) is 1. The van der Waals surface area contributed by atoms with Crippen LogP contribution in [-0.4, -0.2) is 22.0 Å². The minimum absolute atomic E-state index is 0.244. The molecule has 0 saturated carbocycles. The van der Waals surface area contributed by atoms with Crippen LogP contribution in [0.15, 0.2) is 48.5 Å². The molecule has 2 aromatic carbocycles. The number of phenols is 1. The minimum Gasteiger partial charge on any atom is -0.508 e. The second-order valence-electron chi connectivity index (χ2n) is 5.40. The minimum atomic E-state index is 0.244. The Labute approximate surface area is 145 Å². The van der Waals surface area contributed by atoms with Crippen molar-refractivity contribution in [1.82, 2.24) is 9.78 Å². The molecule has 1 heterocycles. The highest BCUT2D eigenvalue weighted by Gasteiger charge is 2.13. The van der Waals surface area contributed by atoms with Crippen molar-refractivity contribution in [3.8, 4) is 17.2 Å². The van der Waals surface area contributed by atoms with Crippen LogP contribution >= 0.6 is 11.6 Å². The van der Waals surface area contributed by atoms with Gasteiger partial charge in [0.2, 0.25) is 0 Å². The van der Waals surface area contributed by atoms with Crippen molar-refractivity contribution in [2.24, 2.45) is 5.73 Å². The number of hydrogen-bond donors (Lipinski definition) is 2. The van der Waals surface area contributed by atoms with E-state index in [2.05, 4.69) is 5.10 Å². The van der Waals surface area contributed by atoms with Gasteiger partial charge in [-0.05, 0) is 35.9 Å². The third-order valence-electron chi connectivity index (χ3n) is 3.75. The van der Waals surface area contributed by atoms with Gasteiger partial charge in [0.15, 0.2) is 0 Å². The molecule has 24 heavy (non-hydrogen) atoms. The molecule has 124 valence electrons. The van der Waals surface area contributed by atoms with Gasteiger partial charge in [0.05, 0.1) is 23.5 Å². The van der Waals surface area contributed by atoms with Crippen molar-refractivity contribution in [1.29, 1.82) is 0 Å². The molecule has 0 amide bonds. The molecular formula is C18H18ClN3O2. The Balaban J connectivity index is 2.01. The first-order chi connectivity index (χ1) is 11.6. The van der Waals surface area contributed by atoms with Crippen LogP contribution in [-0.2, 0) is 13.0 Å². The van der Waals surface area contributed by atoms with E-state index in [0.29, 0.717) is 23.7 Å². The lowest BCUT2D eigenvalue weighted by molar-refractivity contribution is 0.414. The zero-order chi connectivity index (χ0) is 17.1. The van der Waals surface area contributed by atoms with Crippen LogP contribution in [0, 0.1) is 0 Å². The molecule has 0 atom stereocenters. The summed E-state index contributed by atoms with van der Waals surface area (Å²) in [5, 5.41) is 14.5. The summed E-state index contributed by atoms with van der Waals surface area (Å²) in [5.74, 6) is 0.933. The highest BCUT2D eigenvalue weighted by Crippen LogP contribution is 2.27. The van der Waals surface area contributed by atoms with E-state index in [-0.39, 0.29) is 5.75 Å². The summed E-state index contributed by atoms with van der Waals surface area (Å²) in [6, 6.07) is 14.5. The lowest BCUT2D eigenvalue weighted by atomic mass is 10.1. The predicted molar refractivity (Wildman–Crippen MR) is 93.9 cm³/mol. The van der Waals surface area contributed by atoms with Crippen molar-refractivity contribution in [3.63, 3.8) is 0 Å². The largest absolute Gasteiger partial charge is 0.508 e. The lowest BCUT2D eigenvalue weighted by Crippen LogP contribution is -2.05. The Bertz CT molecular complexity index is 844. The fourth-order valence-electron chi connectivity index (χ4n) is 2.52. The van der Waals surface area contributed by atoms with Crippen LogP contribution in [0.25, 0.3) is 5.69 Å². The van der Waals surface area contributed by atoms with E-state index in [1.807, 2.05) is 30.3 Å². The van der Waals surface area contributed by atoms with Crippen LogP contribution < -0.4 is 10.5 Å². The van der Waals surface area contributed by atoms with Crippen LogP contribution in [0.1, 0.15) is 17.0 Å². The normalized spacial score (nSPS) is 10.8. The molecule has 0 spiro atoms. The maximum atomic E-state index is 9.42. The van der Waals surface area contributed by atoms with Gasteiger partial charge in [0, 0.05) is 24.7 Å². The first-order valence-electron chi connectivity index (χ1n) is 7.50. The molecule has 0 radical (unpaired) electrons. The molecule has 3 aromatic rings. The Morgan fingerprint density at radius 1 is 1.17 bits per heavy atom. The van der Waals surface area contributed by atoms with E-state index < -0.39 is 0 Å². The highest BCUT2D eigenvalue weighted by atomic mass is 35.5. The molecule has 1 aromatic heterocycles. The van der Waals surface area contributed by atoms with Gasteiger partial charge in [0.25, 0.3) is 0 Å². The van der Waals surface area contributed by atoms with Crippen molar-refractivity contribution in [2.45, 2.75) is 13.0 Å². The number of methoxy groups -OCH3 is 1. The van der Waals surface area contributed by atoms with E-state index in [9.17, 15) is 5.11 Å². The van der Waals surface area contributed by atoms with Gasteiger partial charge in [-0.25, -0.2) is 4.68 Å². The Morgan fingerprint density at radius 3 is 2.54 bits per heavy atom. The average Bonchev–Trinajstić information content (AvgIpc) is 2.99. The molecular weight excluding hydrogens is 326 g/mol. The second kappa shape index (κ2) is 6.95. The molecule has 0 fully saturated rings. The van der Waals surface area contributed by atoms with E-state index in [1.54, 1.807) is 30.0 Å². The Hall–Kier alpha value is -2.50. The van der Waals surface area contributed by atoms with Gasteiger partial charge >= 0.3 is 0 Å². The fraction of sp³-hybridized carbons (Fsp3) is 0.167. The summed E-state index contributed by atoms with van der Waals surface area (Å²) >= 11 is 6.39. The molecule has 6 heteroatoms. The summed E-state index contributed by atoms with van der Waals surface area (Å²) in [7, 11) is 1.60. The maximum Gasteiger partial charge on any atom is 0.120 e. The number of halogens is 1. The van der Waals surface area contributed by atoms with Crippen LogP contribution in [0.4, 0.5) is 0 Å². The molecule has 3 N–H and O–H groups in total. The number of rotatable bonds is 5. The number of hydrogen-bond acceptors (Lipinski definition) is 4. The second-order valence-corrected chi connectivity index (χ2v) is 5.81. The van der Waals surface area contributed by atoms with Gasteiger partial charge in [-0.3, -0.25) is 0 Å². The van der Waals surface area contributed by atoms with Crippen molar-refractivity contribution < 1.29 is 9.84 Å². The average molecular weight is 344 g/mol. The Kier molecular flexibility index (Phi) is 4.74. The summed E-state index contributed by atoms with van der Waals surface area (Å²) in [5.41, 5.74) is 9.33. The number of benzene rings is 2. The number of nitrogens with two attached hydrogens (primary N) is 1. The SMILES string of the molecule is COc1ccc(-n2nc(CN)cc2Cc2ccc(O)cc2)c(Cl)c1. The maximum absolute atomic E-state index is 9.42. The topological polar surface area (TPSA) is 73.3 Å². The van der Waals surface area contributed by atoms with Gasteiger partial charge in [-0.15, -0.1) is 0 Å².